The van der Waals surface area contributed by atoms with Crippen LogP contribution in [0.5, 0.6) is 0 Å². The first-order valence-electron chi connectivity index (χ1n) is 3.55. The summed E-state index contributed by atoms with van der Waals surface area (Å²) in [6.45, 7) is 0. The number of nitrogens with zero attached hydrogens (tertiary/aromatic N) is 1. The number of pyridine rings is 1. The Hall–Kier alpha value is -0.291. The van der Waals surface area contributed by atoms with Crippen molar-refractivity contribution in [2.45, 2.75) is 0 Å². The molecule has 2 rings (SSSR count). The molecule has 1 aromatic carbocycles. The molecule has 1 aromatic heterocycles. The Morgan fingerprint density at radius 3 is 2.62 bits per heavy atom. The average Bonchev–Trinajstić information content (AvgIpc) is 2.12. The van der Waals surface area contributed by atoms with E-state index >= 15 is 0 Å². The number of fused-ring (bicyclic) bond motifs is 1. The van der Waals surface area contributed by atoms with Gasteiger partial charge < -0.3 is 0 Å². The monoisotopic (exact) mass is 343 g/mol. The second-order valence-corrected chi connectivity index (χ2v) is 3.28. The molecule has 0 amide bonds. The quantitative estimate of drug-likeness (QED) is 0.669. The molecular formula is C9H6BrNOSn. The molecule has 2 aromatic rings. The molecule has 13 heavy (non-hydrogen) atoms. The maximum absolute atomic E-state index is 11.4. The Balaban J connectivity index is 0.000000845. The van der Waals surface area contributed by atoms with E-state index in [0.29, 0.717) is 0 Å². The number of hydrogen-bond acceptors (Lipinski definition) is 1. The predicted molar refractivity (Wildman–Crippen MR) is 58.3 cm³/mol. The molecule has 0 bridgehead atoms. The van der Waals surface area contributed by atoms with Crippen molar-refractivity contribution in [3.63, 3.8) is 0 Å². The van der Waals surface area contributed by atoms with Gasteiger partial charge in [0.15, 0.2) is 0 Å². The molecule has 0 fully saturated rings. The van der Waals surface area contributed by atoms with Crippen LogP contribution in [0.25, 0.3) is 10.8 Å². The van der Waals surface area contributed by atoms with Gasteiger partial charge in [0.1, 0.15) is 0 Å². The van der Waals surface area contributed by atoms with Crippen molar-refractivity contribution in [3.05, 3.63) is 46.9 Å². The van der Waals surface area contributed by atoms with E-state index in [1.807, 2.05) is 30.3 Å². The molecule has 2 nitrogen and oxygen atoms in total. The molecule has 0 aliphatic carbocycles. The molecule has 0 atom stereocenters. The van der Waals surface area contributed by atoms with Gasteiger partial charge in [-0.3, -0.25) is 4.79 Å². The van der Waals surface area contributed by atoms with Gasteiger partial charge in [-0.05, 0) is 17.5 Å². The summed E-state index contributed by atoms with van der Waals surface area (Å²) < 4.78 is 1.40. The van der Waals surface area contributed by atoms with E-state index in [1.54, 1.807) is 6.20 Å². The van der Waals surface area contributed by atoms with E-state index in [2.05, 4.69) is 16.1 Å². The van der Waals surface area contributed by atoms with E-state index in [1.165, 1.54) is 3.59 Å². The Bertz CT molecular complexity index is 480. The van der Waals surface area contributed by atoms with Crippen molar-refractivity contribution in [3.8, 4) is 0 Å². The smallest absolute Gasteiger partial charge is 0.268 e. The van der Waals surface area contributed by atoms with Crippen LogP contribution in [-0.2, 0) is 0 Å². The third-order valence-electron chi connectivity index (χ3n) is 1.77. The minimum Gasteiger partial charge on any atom is -0.268 e. The molecule has 0 aliphatic rings. The van der Waals surface area contributed by atoms with Crippen LogP contribution in [0, 0.1) is 0 Å². The summed E-state index contributed by atoms with van der Waals surface area (Å²) in [5.41, 5.74) is -0.0203. The van der Waals surface area contributed by atoms with E-state index in [4.69, 9.17) is 0 Å². The summed E-state index contributed by atoms with van der Waals surface area (Å²) in [5, 5.41) is 1.70. The Morgan fingerprint density at radius 2 is 1.85 bits per heavy atom. The number of halogens is 1. The zero-order valence-electron chi connectivity index (χ0n) is 6.70. The second kappa shape index (κ2) is 4.28. The van der Waals surface area contributed by atoms with Gasteiger partial charge in [-0.2, -0.15) is 0 Å². The first kappa shape index (κ1) is 10.8. The van der Waals surface area contributed by atoms with Crippen molar-refractivity contribution >= 4 is 50.8 Å². The maximum atomic E-state index is 11.4. The fourth-order valence-corrected chi connectivity index (χ4v) is 1.47. The SMILES string of the molecule is O=c1c2ccccc2ccn1Br.[Sn]. The van der Waals surface area contributed by atoms with Crippen molar-refractivity contribution in [2.75, 3.05) is 0 Å². The van der Waals surface area contributed by atoms with Gasteiger partial charge in [-0.25, -0.2) is 3.59 Å². The summed E-state index contributed by atoms with van der Waals surface area (Å²) >= 11 is 3.12. The molecule has 4 heteroatoms. The zero-order chi connectivity index (χ0) is 8.55. The second-order valence-electron chi connectivity index (χ2n) is 2.52. The van der Waals surface area contributed by atoms with Crippen molar-refractivity contribution in [2.24, 2.45) is 0 Å². The fourth-order valence-electron chi connectivity index (χ4n) is 1.17. The molecule has 0 unspecified atom stereocenters. The molecule has 0 spiro atoms. The molecule has 1 heterocycles. The van der Waals surface area contributed by atoms with Crippen LogP contribution >= 0.6 is 16.1 Å². The molecule has 0 N–H and O–H groups in total. The van der Waals surface area contributed by atoms with Crippen molar-refractivity contribution in [1.29, 1.82) is 0 Å². The number of hydrogen-bond donors (Lipinski definition) is 0. The van der Waals surface area contributed by atoms with Crippen LogP contribution < -0.4 is 5.56 Å². The molecule has 64 valence electrons. The predicted octanol–water partition coefficient (Wildman–Crippen LogP) is 1.78. The van der Waals surface area contributed by atoms with Gasteiger partial charge in [-0.1, -0.05) is 18.2 Å². The van der Waals surface area contributed by atoms with Gasteiger partial charge in [0.05, 0.1) is 16.1 Å². The Morgan fingerprint density at radius 1 is 1.15 bits per heavy atom. The normalized spacial score (nSPS) is 9.62. The van der Waals surface area contributed by atoms with Gasteiger partial charge in [0.25, 0.3) is 5.56 Å². The summed E-state index contributed by atoms with van der Waals surface area (Å²) in [7, 11) is 0. The first-order chi connectivity index (χ1) is 5.79. The standard InChI is InChI=1S/C9H6BrNO.Sn/c10-11-6-5-7-3-1-2-4-8(7)9(11)12;/h1-6H;. The van der Waals surface area contributed by atoms with Crippen molar-refractivity contribution in [1.82, 2.24) is 3.59 Å². The average molecular weight is 343 g/mol. The summed E-state index contributed by atoms with van der Waals surface area (Å²) in [4.78, 5) is 11.4. The van der Waals surface area contributed by atoms with Gasteiger partial charge >= 0.3 is 0 Å². The Labute approximate surface area is 101 Å². The summed E-state index contributed by atoms with van der Waals surface area (Å²) in [5.74, 6) is 0. The maximum Gasteiger partial charge on any atom is 0.268 e. The van der Waals surface area contributed by atoms with Crippen molar-refractivity contribution < 1.29 is 0 Å². The molecule has 4 radical (unpaired) electrons. The fraction of sp³-hybridized carbons (Fsp3) is 0. The van der Waals surface area contributed by atoms with Crippen LogP contribution in [-0.4, -0.2) is 27.5 Å². The largest absolute Gasteiger partial charge is 0.268 e. The molecule has 0 saturated heterocycles. The third-order valence-corrected chi connectivity index (χ3v) is 2.33. The van der Waals surface area contributed by atoms with Gasteiger partial charge in [0.2, 0.25) is 0 Å². The van der Waals surface area contributed by atoms with Crippen LogP contribution in [0.3, 0.4) is 0 Å². The minimum atomic E-state index is -0.0203. The van der Waals surface area contributed by atoms with Crippen LogP contribution in [0.2, 0.25) is 0 Å². The number of aromatic nitrogens is 1. The van der Waals surface area contributed by atoms with Crippen LogP contribution in [0.1, 0.15) is 0 Å². The van der Waals surface area contributed by atoms with E-state index in [-0.39, 0.29) is 29.5 Å². The zero-order valence-corrected chi connectivity index (χ0v) is 11.1. The number of rotatable bonds is 0. The molecular weight excluding hydrogens is 337 g/mol. The topological polar surface area (TPSA) is 22.0 Å². The van der Waals surface area contributed by atoms with E-state index in [9.17, 15) is 4.79 Å². The number of benzene rings is 1. The third kappa shape index (κ3) is 1.96. The van der Waals surface area contributed by atoms with Crippen LogP contribution in [0.4, 0.5) is 0 Å². The van der Waals surface area contributed by atoms with Crippen LogP contribution in [0.15, 0.2) is 41.3 Å². The minimum absolute atomic E-state index is 0. The first-order valence-corrected chi connectivity index (χ1v) is 4.26. The van der Waals surface area contributed by atoms with Gasteiger partial charge in [-0.15, -0.1) is 0 Å². The van der Waals surface area contributed by atoms with Gasteiger partial charge in [0, 0.05) is 35.5 Å². The van der Waals surface area contributed by atoms with E-state index < -0.39 is 0 Å². The summed E-state index contributed by atoms with van der Waals surface area (Å²) in [6.07, 6.45) is 1.70. The molecule has 0 aliphatic heterocycles. The molecule has 0 saturated carbocycles. The summed E-state index contributed by atoms with van der Waals surface area (Å²) in [6, 6.07) is 9.40. The van der Waals surface area contributed by atoms with E-state index in [0.717, 1.165) is 10.8 Å². The Kier molecular flexibility index (Phi) is 3.55.